The summed E-state index contributed by atoms with van der Waals surface area (Å²) in [4.78, 5) is 0. The quantitative estimate of drug-likeness (QED) is 0.318. The highest BCUT2D eigenvalue weighted by Crippen LogP contribution is 2.43. The van der Waals surface area contributed by atoms with Crippen LogP contribution in [0.15, 0.2) is 65.1 Å². The third kappa shape index (κ3) is 2.47. The van der Waals surface area contributed by atoms with Gasteiger partial charge in [0, 0.05) is 21.2 Å². The molecule has 3 heteroatoms. The average Bonchev–Trinajstić information content (AvgIpc) is 2.63. The van der Waals surface area contributed by atoms with Crippen molar-refractivity contribution in [2.75, 3.05) is 11.5 Å². The average molecular weight is 391 g/mol. The second-order valence-electron chi connectivity index (χ2n) is 6.27. The second kappa shape index (κ2) is 6.08. The molecule has 0 saturated carbocycles. The van der Waals surface area contributed by atoms with Gasteiger partial charge < -0.3 is 11.5 Å². The number of halogens is 1. The molecular formula is C22H19BrN2. The van der Waals surface area contributed by atoms with Gasteiger partial charge in [0.15, 0.2) is 0 Å². The fraction of sp³-hybridized carbons (Fsp3) is 0.0909. The maximum Gasteiger partial charge on any atom is 0.0486 e. The van der Waals surface area contributed by atoms with E-state index in [4.69, 9.17) is 11.5 Å². The minimum Gasteiger partial charge on any atom is -0.399 e. The Kier molecular flexibility index (Phi) is 3.89. The molecule has 0 aliphatic heterocycles. The van der Waals surface area contributed by atoms with Gasteiger partial charge in [-0.15, -0.1) is 0 Å². The van der Waals surface area contributed by atoms with Crippen molar-refractivity contribution >= 4 is 48.8 Å². The molecule has 0 spiro atoms. The Labute approximate surface area is 155 Å². The summed E-state index contributed by atoms with van der Waals surface area (Å²) in [6.07, 6.45) is 0.910. The zero-order valence-corrected chi connectivity index (χ0v) is 15.6. The molecule has 0 aliphatic carbocycles. The Balaban J connectivity index is 2.32. The Morgan fingerprint density at radius 3 is 2.28 bits per heavy atom. The molecule has 0 saturated heterocycles. The molecule has 0 radical (unpaired) electrons. The van der Waals surface area contributed by atoms with Crippen LogP contribution in [-0.4, -0.2) is 0 Å². The van der Waals surface area contributed by atoms with E-state index < -0.39 is 0 Å². The van der Waals surface area contributed by atoms with Crippen LogP contribution >= 0.6 is 15.9 Å². The first-order valence-corrected chi connectivity index (χ1v) is 9.18. The van der Waals surface area contributed by atoms with E-state index in [-0.39, 0.29) is 0 Å². The molecule has 4 aromatic rings. The number of fused-ring (bicyclic) bond motifs is 3. The fourth-order valence-electron chi connectivity index (χ4n) is 3.69. The Hall–Kier alpha value is -2.52. The Morgan fingerprint density at radius 1 is 0.840 bits per heavy atom. The van der Waals surface area contributed by atoms with Gasteiger partial charge >= 0.3 is 0 Å². The third-order valence-electron chi connectivity index (χ3n) is 4.79. The van der Waals surface area contributed by atoms with Gasteiger partial charge in [-0.3, -0.25) is 0 Å². The lowest BCUT2D eigenvalue weighted by molar-refractivity contribution is 1.16. The smallest absolute Gasteiger partial charge is 0.0486 e. The van der Waals surface area contributed by atoms with E-state index in [2.05, 4.69) is 65.3 Å². The lowest BCUT2D eigenvalue weighted by atomic mass is 9.86. The number of hydrogen-bond acceptors (Lipinski definition) is 2. The minimum absolute atomic E-state index is 0.760. The van der Waals surface area contributed by atoms with Crippen molar-refractivity contribution in [3.63, 3.8) is 0 Å². The fourth-order valence-corrected chi connectivity index (χ4v) is 4.28. The first-order valence-electron chi connectivity index (χ1n) is 8.39. The van der Waals surface area contributed by atoms with E-state index >= 15 is 0 Å². The number of aryl methyl sites for hydroxylation is 1. The second-order valence-corrected chi connectivity index (χ2v) is 7.06. The van der Waals surface area contributed by atoms with Crippen molar-refractivity contribution in [1.82, 2.24) is 0 Å². The first-order chi connectivity index (χ1) is 12.1. The normalized spacial score (nSPS) is 11.3. The van der Waals surface area contributed by atoms with E-state index in [0.717, 1.165) is 22.3 Å². The number of hydrogen-bond donors (Lipinski definition) is 2. The van der Waals surface area contributed by atoms with Crippen LogP contribution in [0.4, 0.5) is 11.4 Å². The van der Waals surface area contributed by atoms with Crippen LogP contribution in [-0.2, 0) is 6.42 Å². The number of anilines is 2. The van der Waals surface area contributed by atoms with Gasteiger partial charge in [-0.25, -0.2) is 0 Å². The summed E-state index contributed by atoms with van der Waals surface area (Å²) in [5.74, 6) is 0. The van der Waals surface area contributed by atoms with Gasteiger partial charge in [-0.1, -0.05) is 49.4 Å². The van der Waals surface area contributed by atoms with Crippen LogP contribution in [0.1, 0.15) is 12.5 Å². The number of benzene rings is 4. The molecule has 0 atom stereocenters. The van der Waals surface area contributed by atoms with E-state index in [1.54, 1.807) is 0 Å². The molecule has 4 N–H and O–H groups in total. The predicted molar refractivity (Wildman–Crippen MR) is 113 cm³/mol. The van der Waals surface area contributed by atoms with Crippen LogP contribution in [0, 0.1) is 0 Å². The number of rotatable bonds is 2. The highest BCUT2D eigenvalue weighted by molar-refractivity contribution is 9.10. The van der Waals surface area contributed by atoms with E-state index in [9.17, 15) is 0 Å². The van der Waals surface area contributed by atoms with Crippen molar-refractivity contribution in [3.05, 3.63) is 70.7 Å². The molecule has 0 heterocycles. The lowest BCUT2D eigenvalue weighted by Crippen LogP contribution is -1.97. The summed E-state index contributed by atoms with van der Waals surface area (Å²) in [7, 11) is 0. The molecule has 4 rings (SSSR count). The highest BCUT2D eigenvalue weighted by atomic mass is 79.9. The van der Waals surface area contributed by atoms with Crippen molar-refractivity contribution in [3.8, 4) is 11.1 Å². The zero-order valence-electron chi connectivity index (χ0n) is 14.0. The molecule has 0 fully saturated rings. The van der Waals surface area contributed by atoms with Gasteiger partial charge in [0.1, 0.15) is 0 Å². The van der Waals surface area contributed by atoms with Gasteiger partial charge in [-0.05, 0) is 73.4 Å². The van der Waals surface area contributed by atoms with Crippen molar-refractivity contribution in [2.45, 2.75) is 13.3 Å². The van der Waals surface area contributed by atoms with E-state index in [1.807, 2.05) is 18.2 Å². The predicted octanol–water partition coefficient (Wildman–Crippen LogP) is 6.15. The van der Waals surface area contributed by atoms with Gasteiger partial charge in [-0.2, -0.15) is 0 Å². The molecule has 0 unspecified atom stereocenters. The van der Waals surface area contributed by atoms with Crippen LogP contribution in [0.3, 0.4) is 0 Å². The maximum absolute atomic E-state index is 6.20. The molecule has 25 heavy (non-hydrogen) atoms. The molecule has 0 aromatic heterocycles. The Bertz CT molecular complexity index is 1100. The van der Waals surface area contributed by atoms with Crippen molar-refractivity contribution < 1.29 is 0 Å². The minimum atomic E-state index is 0.760. The molecule has 2 nitrogen and oxygen atoms in total. The van der Waals surface area contributed by atoms with Crippen molar-refractivity contribution in [2.24, 2.45) is 0 Å². The summed E-state index contributed by atoms with van der Waals surface area (Å²) in [6.45, 7) is 2.19. The Morgan fingerprint density at radius 2 is 1.56 bits per heavy atom. The zero-order chi connectivity index (χ0) is 17.6. The standard InChI is InChI=1S/C22H19BrN2/c1-2-15-20(13-6-4-3-5-7-13)18-12-14(24)8-9-16(18)17-10-11-19(25)22(23)21(15)17/h3-12H,2,24-25H2,1H3. The molecule has 0 amide bonds. The first kappa shape index (κ1) is 16.0. The number of nitrogens with two attached hydrogens (primary N) is 2. The van der Waals surface area contributed by atoms with Gasteiger partial charge in [0.05, 0.1) is 0 Å². The number of nitrogen functional groups attached to an aromatic ring is 2. The molecular weight excluding hydrogens is 372 g/mol. The SMILES string of the molecule is CCc1c(-c2ccccc2)c2cc(N)ccc2c2ccc(N)c(Br)c12. The molecule has 4 aromatic carbocycles. The lowest BCUT2D eigenvalue weighted by Gasteiger charge is -2.19. The molecule has 0 bridgehead atoms. The summed E-state index contributed by atoms with van der Waals surface area (Å²) >= 11 is 3.73. The van der Waals surface area contributed by atoms with Crippen LogP contribution < -0.4 is 11.5 Å². The largest absolute Gasteiger partial charge is 0.399 e. The van der Waals surface area contributed by atoms with Crippen LogP contribution in [0.2, 0.25) is 0 Å². The van der Waals surface area contributed by atoms with E-state index in [0.29, 0.717) is 0 Å². The third-order valence-corrected chi connectivity index (χ3v) is 5.65. The topological polar surface area (TPSA) is 52.0 Å². The van der Waals surface area contributed by atoms with Crippen LogP contribution in [0.5, 0.6) is 0 Å². The molecule has 0 aliphatic rings. The highest BCUT2D eigenvalue weighted by Gasteiger charge is 2.17. The van der Waals surface area contributed by atoms with Gasteiger partial charge in [0.2, 0.25) is 0 Å². The summed E-state index contributed by atoms with van der Waals surface area (Å²) in [5, 5.41) is 4.78. The van der Waals surface area contributed by atoms with E-state index in [1.165, 1.54) is 38.2 Å². The van der Waals surface area contributed by atoms with Crippen molar-refractivity contribution in [1.29, 1.82) is 0 Å². The van der Waals surface area contributed by atoms with Gasteiger partial charge in [0.25, 0.3) is 0 Å². The summed E-state index contributed by atoms with van der Waals surface area (Å²) in [6, 6.07) is 20.7. The molecule has 124 valence electrons. The summed E-state index contributed by atoms with van der Waals surface area (Å²) in [5.41, 5.74) is 17.6. The maximum atomic E-state index is 6.20. The summed E-state index contributed by atoms with van der Waals surface area (Å²) < 4.78 is 0.970. The monoisotopic (exact) mass is 390 g/mol. The van der Waals surface area contributed by atoms with Crippen LogP contribution in [0.25, 0.3) is 32.7 Å².